The minimum absolute atomic E-state index is 0.0928. The van der Waals surface area contributed by atoms with Crippen molar-refractivity contribution in [3.63, 3.8) is 0 Å². The molecule has 0 saturated carbocycles. The average molecular weight is 235 g/mol. The summed E-state index contributed by atoms with van der Waals surface area (Å²) in [6.45, 7) is 3.64. The lowest BCUT2D eigenvalue weighted by molar-refractivity contribution is 0.0971. The monoisotopic (exact) mass is 235 g/mol. The summed E-state index contributed by atoms with van der Waals surface area (Å²) in [7, 11) is 0. The van der Waals surface area contributed by atoms with Crippen molar-refractivity contribution in [1.82, 2.24) is 20.2 Å². The Hall–Kier alpha value is -2.18. The molecule has 0 fully saturated rings. The van der Waals surface area contributed by atoms with Crippen molar-refractivity contribution < 1.29 is 9.21 Å². The second-order valence-corrected chi connectivity index (χ2v) is 3.62. The van der Waals surface area contributed by atoms with Crippen LogP contribution in [-0.2, 0) is 12.8 Å². The predicted molar refractivity (Wildman–Crippen MR) is 58.3 cm³/mol. The number of amides is 1. The van der Waals surface area contributed by atoms with Crippen LogP contribution in [0.25, 0.3) is 0 Å². The van der Waals surface area contributed by atoms with Crippen LogP contribution in [0.15, 0.2) is 4.42 Å². The highest BCUT2D eigenvalue weighted by Crippen LogP contribution is 2.11. The first-order chi connectivity index (χ1) is 8.10. The van der Waals surface area contributed by atoms with E-state index in [9.17, 15) is 4.79 Å². The van der Waals surface area contributed by atoms with Gasteiger partial charge >= 0.3 is 0 Å². The van der Waals surface area contributed by atoms with E-state index in [4.69, 9.17) is 10.2 Å². The second kappa shape index (κ2) is 4.36. The summed E-state index contributed by atoms with van der Waals surface area (Å²) in [6.07, 6.45) is 1.12. The third kappa shape index (κ3) is 2.32. The highest BCUT2D eigenvalue weighted by atomic mass is 16.4. The van der Waals surface area contributed by atoms with Gasteiger partial charge in [0.25, 0.3) is 5.91 Å². The molecule has 7 heteroatoms. The fraction of sp³-hybridized carbons (Fsp3) is 0.400. The molecule has 17 heavy (non-hydrogen) atoms. The predicted octanol–water partition coefficient (Wildman–Crippen LogP) is 0.353. The van der Waals surface area contributed by atoms with Gasteiger partial charge in [-0.3, -0.25) is 9.89 Å². The lowest BCUT2D eigenvalue weighted by Gasteiger charge is -1.89. The van der Waals surface area contributed by atoms with Gasteiger partial charge in [-0.1, -0.05) is 6.92 Å². The molecule has 0 aliphatic carbocycles. The number of nitrogens with one attached hydrogen (secondary N) is 1. The number of rotatable bonds is 4. The van der Waals surface area contributed by atoms with Crippen molar-refractivity contribution >= 4 is 5.91 Å². The van der Waals surface area contributed by atoms with Crippen LogP contribution in [-0.4, -0.2) is 26.1 Å². The molecule has 0 spiro atoms. The van der Waals surface area contributed by atoms with E-state index in [1.165, 1.54) is 0 Å². The molecule has 90 valence electrons. The maximum absolute atomic E-state index is 11.0. The minimum atomic E-state index is -0.618. The van der Waals surface area contributed by atoms with Crippen LogP contribution < -0.4 is 5.73 Å². The molecule has 0 aromatic carbocycles. The molecule has 7 nitrogen and oxygen atoms in total. The first kappa shape index (κ1) is 11.3. The Morgan fingerprint density at radius 2 is 2.24 bits per heavy atom. The van der Waals surface area contributed by atoms with Crippen LogP contribution in [0.5, 0.6) is 0 Å². The smallest absolute Gasteiger partial charge is 0.286 e. The number of primary amides is 1. The minimum Gasteiger partial charge on any atom is -0.435 e. The number of nitrogens with two attached hydrogens (primary N) is 1. The molecule has 2 aromatic heterocycles. The van der Waals surface area contributed by atoms with E-state index >= 15 is 0 Å². The summed E-state index contributed by atoms with van der Waals surface area (Å²) in [5, 5.41) is 6.78. The Kier molecular flexibility index (Phi) is 2.90. The van der Waals surface area contributed by atoms with Crippen molar-refractivity contribution in [2.24, 2.45) is 5.73 Å². The van der Waals surface area contributed by atoms with Crippen molar-refractivity contribution in [2.75, 3.05) is 0 Å². The second-order valence-electron chi connectivity index (χ2n) is 3.62. The number of hydrogen-bond acceptors (Lipinski definition) is 5. The number of hydrogen-bond donors (Lipinski definition) is 2. The van der Waals surface area contributed by atoms with E-state index in [-0.39, 0.29) is 5.76 Å². The van der Waals surface area contributed by atoms with Gasteiger partial charge in [-0.25, -0.2) is 9.97 Å². The summed E-state index contributed by atoms with van der Waals surface area (Å²) in [5.41, 5.74) is 5.63. The fourth-order valence-corrected chi connectivity index (χ4v) is 1.47. The molecule has 1 amide bonds. The number of carbonyl (C=O) groups excluding carboxylic acids is 1. The Balaban J connectivity index is 2.18. The molecule has 0 aliphatic rings. The molecule has 2 rings (SSSR count). The van der Waals surface area contributed by atoms with Crippen molar-refractivity contribution in [3.05, 3.63) is 29.0 Å². The molecular formula is C10H13N5O2. The summed E-state index contributed by atoms with van der Waals surface area (Å²) < 4.78 is 5.25. The molecule has 0 aliphatic heterocycles. The zero-order valence-corrected chi connectivity index (χ0v) is 9.65. The van der Waals surface area contributed by atoms with E-state index in [2.05, 4.69) is 20.2 Å². The Labute approximate surface area is 97.4 Å². The van der Waals surface area contributed by atoms with Gasteiger partial charge in [-0.2, -0.15) is 5.10 Å². The van der Waals surface area contributed by atoms with Crippen molar-refractivity contribution in [1.29, 1.82) is 0 Å². The zero-order valence-electron chi connectivity index (χ0n) is 9.65. The van der Waals surface area contributed by atoms with Crippen LogP contribution in [0.4, 0.5) is 0 Å². The van der Waals surface area contributed by atoms with Crippen LogP contribution >= 0.6 is 0 Å². The number of aromatic amines is 1. The number of aromatic nitrogens is 4. The lowest BCUT2D eigenvalue weighted by Crippen LogP contribution is -2.10. The molecule has 0 atom stereocenters. The van der Waals surface area contributed by atoms with Gasteiger partial charge in [0, 0.05) is 6.42 Å². The third-order valence-corrected chi connectivity index (χ3v) is 2.28. The van der Waals surface area contributed by atoms with E-state index in [1.54, 1.807) is 6.92 Å². The number of carbonyl (C=O) groups is 1. The Morgan fingerprint density at radius 1 is 1.47 bits per heavy atom. The molecule has 2 heterocycles. The normalized spacial score (nSPS) is 10.7. The van der Waals surface area contributed by atoms with E-state index in [0.717, 1.165) is 12.2 Å². The molecule has 0 bridgehead atoms. The van der Waals surface area contributed by atoms with E-state index in [1.807, 2.05) is 6.92 Å². The third-order valence-electron chi connectivity index (χ3n) is 2.28. The first-order valence-electron chi connectivity index (χ1n) is 5.26. The fourth-order valence-electron chi connectivity index (χ4n) is 1.47. The van der Waals surface area contributed by atoms with Crippen LogP contribution in [0, 0.1) is 6.92 Å². The van der Waals surface area contributed by atoms with Gasteiger partial charge in [-0.05, 0) is 6.92 Å². The Morgan fingerprint density at radius 3 is 2.76 bits per heavy atom. The SMILES string of the molecule is CCc1n[nH]c(Cc2nc(C)c(C(N)=O)o2)n1. The maximum Gasteiger partial charge on any atom is 0.286 e. The van der Waals surface area contributed by atoms with Crippen molar-refractivity contribution in [2.45, 2.75) is 26.7 Å². The lowest BCUT2D eigenvalue weighted by atomic mass is 10.3. The first-order valence-corrected chi connectivity index (χ1v) is 5.26. The summed E-state index contributed by atoms with van der Waals surface area (Å²) in [4.78, 5) is 19.3. The van der Waals surface area contributed by atoms with E-state index in [0.29, 0.717) is 23.8 Å². The molecule has 3 N–H and O–H groups in total. The van der Waals surface area contributed by atoms with Gasteiger partial charge in [0.15, 0.2) is 0 Å². The number of nitrogens with zero attached hydrogens (tertiary/aromatic N) is 3. The highest BCUT2D eigenvalue weighted by Gasteiger charge is 2.15. The van der Waals surface area contributed by atoms with Gasteiger partial charge < -0.3 is 10.2 Å². The largest absolute Gasteiger partial charge is 0.435 e. The average Bonchev–Trinajstić information content (AvgIpc) is 2.85. The van der Waals surface area contributed by atoms with Gasteiger partial charge in [0.2, 0.25) is 11.7 Å². The van der Waals surface area contributed by atoms with Crippen LogP contribution in [0.3, 0.4) is 0 Å². The Bertz CT molecular complexity index is 543. The number of H-pyrrole nitrogens is 1. The van der Waals surface area contributed by atoms with Gasteiger partial charge in [-0.15, -0.1) is 0 Å². The molecule has 0 saturated heterocycles. The molecule has 2 aromatic rings. The molecule has 0 unspecified atom stereocenters. The van der Waals surface area contributed by atoms with Crippen LogP contribution in [0.1, 0.15) is 40.7 Å². The zero-order chi connectivity index (χ0) is 12.4. The van der Waals surface area contributed by atoms with Crippen molar-refractivity contribution in [3.8, 4) is 0 Å². The maximum atomic E-state index is 11.0. The van der Waals surface area contributed by atoms with Gasteiger partial charge in [0.05, 0.1) is 12.1 Å². The highest BCUT2D eigenvalue weighted by molar-refractivity contribution is 5.90. The number of oxazole rings is 1. The summed E-state index contributed by atoms with van der Waals surface area (Å²) in [6, 6.07) is 0. The van der Waals surface area contributed by atoms with Gasteiger partial charge in [0.1, 0.15) is 11.6 Å². The quantitative estimate of drug-likeness (QED) is 0.794. The number of aryl methyl sites for hydroxylation is 2. The van der Waals surface area contributed by atoms with Crippen LogP contribution in [0.2, 0.25) is 0 Å². The molecular weight excluding hydrogens is 222 g/mol. The standard InChI is InChI=1S/C10H13N5O2/c1-3-6-13-7(15-14-6)4-8-12-5(2)9(17-8)10(11)16/h3-4H2,1-2H3,(H2,11,16)(H,13,14,15). The summed E-state index contributed by atoms with van der Waals surface area (Å²) in [5.74, 6) is 1.26. The van der Waals surface area contributed by atoms with E-state index < -0.39 is 5.91 Å². The topological polar surface area (TPSA) is 111 Å². The summed E-state index contributed by atoms with van der Waals surface area (Å²) >= 11 is 0. The molecule has 0 radical (unpaired) electrons.